The van der Waals surface area contributed by atoms with E-state index in [-0.39, 0.29) is 0 Å². The molecule has 0 aliphatic rings. The highest BCUT2D eigenvalue weighted by Crippen LogP contribution is 2.35. The van der Waals surface area contributed by atoms with E-state index in [9.17, 15) is 0 Å². The van der Waals surface area contributed by atoms with Gasteiger partial charge < -0.3 is 4.42 Å². The molecule has 2 heterocycles. The molecule has 0 unspecified atom stereocenters. The van der Waals surface area contributed by atoms with E-state index in [0.29, 0.717) is 5.69 Å². The number of nitrogens with zero attached hydrogens (tertiary/aromatic N) is 2. The zero-order valence-electron chi connectivity index (χ0n) is 13.0. The van der Waals surface area contributed by atoms with Crippen LogP contribution in [-0.4, -0.2) is 0 Å². The van der Waals surface area contributed by atoms with Crippen molar-refractivity contribution in [2.45, 2.75) is 6.92 Å². The van der Waals surface area contributed by atoms with Crippen LogP contribution in [0.15, 0.2) is 59.1 Å². The molecule has 110 valence electrons. The van der Waals surface area contributed by atoms with Crippen molar-refractivity contribution in [2.24, 2.45) is 7.05 Å². The summed E-state index contributed by atoms with van der Waals surface area (Å²) >= 11 is 0. The van der Waals surface area contributed by atoms with Crippen LogP contribution in [0.4, 0.5) is 5.69 Å². The molecule has 0 aliphatic heterocycles. The summed E-state index contributed by atoms with van der Waals surface area (Å²) < 4.78 is 8.07. The van der Waals surface area contributed by atoms with Crippen molar-refractivity contribution in [1.82, 2.24) is 0 Å². The Balaban J connectivity index is 2.05. The van der Waals surface area contributed by atoms with Crippen molar-refractivity contribution in [1.29, 1.82) is 0 Å². The fraction of sp³-hybridized carbons (Fsp3) is 0.100. The molecular weight excluding hydrogens is 284 g/mol. The normalized spacial score (nSPS) is 11.0. The van der Waals surface area contributed by atoms with Gasteiger partial charge in [0.2, 0.25) is 5.69 Å². The number of hydrogen-bond acceptors (Lipinski definition) is 1. The highest BCUT2D eigenvalue weighted by atomic mass is 16.3. The summed E-state index contributed by atoms with van der Waals surface area (Å²) in [5.74, 6) is 0. The standard InChI is InChI=1S/C20H15N2O/c1-13-10-19-17(12-16(13)18-6-4-5-9-22(18)3)15-8-7-14(21-2)11-20(15)23-19/h4-12H,1,3H3/q+1. The van der Waals surface area contributed by atoms with Crippen LogP contribution in [-0.2, 0) is 7.05 Å². The van der Waals surface area contributed by atoms with Crippen molar-refractivity contribution in [3.63, 3.8) is 0 Å². The van der Waals surface area contributed by atoms with E-state index in [0.717, 1.165) is 21.9 Å². The molecule has 2 aromatic heterocycles. The average Bonchev–Trinajstić information content (AvgIpc) is 2.91. The first-order valence-electron chi connectivity index (χ1n) is 7.47. The lowest BCUT2D eigenvalue weighted by molar-refractivity contribution is -0.660. The largest absolute Gasteiger partial charge is 0.457 e. The lowest BCUT2D eigenvalue weighted by atomic mass is 10.0. The van der Waals surface area contributed by atoms with Crippen LogP contribution in [0.2, 0.25) is 0 Å². The van der Waals surface area contributed by atoms with Crippen LogP contribution in [0.1, 0.15) is 5.56 Å². The third-order valence-electron chi connectivity index (χ3n) is 4.26. The average molecular weight is 299 g/mol. The van der Waals surface area contributed by atoms with E-state index in [1.165, 1.54) is 16.8 Å². The maximum atomic E-state index is 7.14. The van der Waals surface area contributed by atoms with Gasteiger partial charge >= 0.3 is 0 Å². The molecule has 0 fully saturated rings. The minimum Gasteiger partial charge on any atom is -0.457 e. The highest BCUT2D eigenvalue weighted by molar-refractivity contribution is 6.07. The van der Waals surface area contributed by atoms with Crippen molar-refractivity contribution >= 4 is 27.6 Å². The maximum absolute atomic E-state index is 7.14. The molecule has 0 spiro atoms. The highest BCUT2D eigenvalue weighted by Gasteiger charge is 2.16. The summed E-state index contributed by atoms with van der Waals surface area (Å²) in [6, 6.07) is 16.1. The predicted octanol–water partition coefficient (Wildman–Crippen LogP) is 4.94. The van der Waals surface area contributed by atoms with E-state index in [1.807, 2.05) is 18.2 Å². The SMILES string of the molecule is [C-]#[N+]c1ccc2c(c1)oc1cc(C)c(-c3cccc[n+]3C)cc12. The van der Waals surface area contributed by atoms with Crippen LogP contribution in [0.5, 0.6) is 0 Å². The molecule has 4 aromatic rings. The van der Waals surface area contributed by atoms with Crippen LogP contribution in [0.25, 0.3) is 38.0 Å². The molecule has 2 aromatic carbocycles. The topological polar surface area (TPSA) is 21.4 Å². The van der Waals surface area contributed by atoms with E-state index in [1.54, 1.807) is 6.07 Å². The van der Waals surface area contributed by atoms with Gasteiger partial charge in [0.25, 0.3) is 0 Å². The minimum absolute atomic E-state index is 0.600. The van der Waals surface area contributed by atoms with Gasteiger partial charge in [-0.1, -0.05) is 12.1 Å². The number of aryl methyl sites for hydroxylation is 2. The third kappa shape index (κ3) is 2.08. The lowest BCUT2D eigenvalue weighted by Crippen LogP contribution is -2.30. The first-order chi connectivity index (χ1) is 11.2. The van der Waals surface area contributed by atoms with Crippen molar-refractivity contribution in [2.75, 3.05) is 0 Å². The molecule has 0 amide bonds. The Hall–Kier alpha value is -3.12. The summed E-state index contributed by atoms with van der Waals surface area (Å²) in [4.78, 5) is 3.47. The molecule has 3 heteroatoms. The van der Waals surface area contributed by atoms with Gasteiger partial charge in [0.05, 0.1) is 6.57 Å². The maximum Gasteiger partial charge on any atom is 0.212 e. The zero-order valence-corrected chi connectivity index (χ0v) is 13.0. The van der Waals surface area contributed by atoms with Gasteiger partial charge in [0, 0.05) is 28.5 Å². The van der Waals surface area contributed by atoms with Gasteiger partial charge in [-0.15, -0.1) is 0 Å². The molecule has 0 bridgehead atoms. The van der Waals surface area contributed by atoms with Gasteiger partial charge in [-0.25, -0.2) is 9.41 Å². The smallest absolute Gasteiger partial charge is 0.212 e. The lowest BCUT2D eigenvalue weighted by Gasteiger charge is -2.04. The fourth-order valence-electron chi connectivity index (χ4n) is 3.06. The number of pyridine rings is 1. The number of fused-ring (bicyclic) bond motifs is 3. The number of hydrogen-bond donors (Lipinski definition) is 0. The quantitative estimate of drug-likeness (QED) is 0.360. The third-order valence-corrected chi connectivity index (χ3v) is 4.26. The van der Waals surface area contributed by atoms with E-state index in [4.69, 9.17) is 11.0 Å². The summed E-state index contributed by atoms with van der Waals surface area (Å²) in [7, 11) is 2.05. The Morgan fingerprint density at radius 3 is 2.61 bits per heavy atom. The van der Waals surface area contributed by atoms with Crippen molar-refractivity contribution < 1.29 is 8.98 Å². The van der Waals surface area contributed by atoms with Gasteiger partial charge in [-0.2, -0.15) is 0 Å². The number of furan rings is 1. The van der Waals surface area contributed by atoms with E-state index < -0.39 is 0 Å². The van der Waals surface area contributed by atoms with Crippen molar-refractivity contribution in [3.05, 3.63) is 71.7 Å². The number of benzene rings is 2. The Labute approximate surface area is 134 Å². The molecule has 23 heavy (non-hydrogen) atoms. The van der Waals surface area contributed by atoms with Crippen molar-refractivity contribution in [3.8, 4) is 11.3 Å². The van der Waals surface area contributed by atoms with Gasteiger partial charge in [0.15, 0.2) is 11.9 Å². The molecule has 0 N–H and O–H groups in total. The Morgan fingerprint density at radius 1 is 1.00 bits per heavy atom. The molecule has 0 atom stereocenters. The van der Waals surface area contributed by atoms with Crippen LogP contribution < -0.4 is 4.57 Å². The zero-order chi connectivity index (χ0) is 16.0. The summed E-state index contributed by atoms with van der Waals surface area (Å²) in [6.07, 6.45) is 2.05. The molecule has 4 rings (SSSR count). The summed E-state index contributed by atoms with van der Waals surface area (Å²) in [5, 5.41) is 2.13. The first-order valence-corrected chi connectivity index (χ1v) is 7.47. The van der Waals surface area contributed by atoms with Gasteiger partial charge in [-0.3, -0.25) is 0 Å². The molecule has 0 saturated carbocycles. The second kappa shape index (κ2) is 4.96. The summed E-state index contributed by atoms with van der Waals surface area (Å²) in [5.41, 5.74) is 5.76. The monoisotopic (exact) mass is 299 g/mol. The van der Waals surface area contributed by atoms with E-state index >= 15 is 0 Å². The minimum atomic E-state index is 0.600. The molecule has 0 saturated heterocycles. The predicted molar refractivity (Wildman–Crippen MR) is 91.3 cm³/mol. The molecular formula is C20H15N2O+. The van der Waals surface area contributed by atoms with Crippen LogP contribution in [0, 0.1) is 13.5 Å². The number of rotatable bonds is 1. The second-order valence-electron chi connectivity index (χ2n) is 5.75. The summed E-state index contributed by atoms with van der Waals surface area (Å²) in [6.45, 7) is 9.23. The first kappa shape index (κ1) is 13.5. The van der Waals surface area contributed by atoms with Gasteiger partial charge in [0.1, 0.15) is 18.2 Å². The Morgan fingerprint density at radius 2 is 1.83 bits per heavy atom. The second-order valence-corrected chi connectivity index (χ2v) is 5.75. The van der Waals surface area contributed by atoms with E-state index in [2.05, 4.69) is 53.8 Å². The Kier molecular flexibility index (Phi) is 2.92. The van der Waals surface area contributed by atoms with Crippen LogP contribution in [0.3, 0.4) is 0 Å². The number of aromatic nitrogens is 1. The van der Waals surface area contributed by atoms with Gasteiger partial charge in [-0.05, 0) is 36.8 Å². The molecule has 3 nitrogen and oxygen atoms in total. The fourth-order valence-corrected chi connectivity index (χ4v) is 3.06. The molecule has 0 radical (unpaired) electrons. The molecule has 0 aliphatic carbocycles. The van der Waals surface area contributed by atoms with Crippen LogP contribution >= 0.6 is 0 Å². The Bertz CT molecular complexity index is 1100.